The maximum atomic E-state index is 12.1. The summed E-state index contributed by atoms with van der Waals surface area (Å²) in [5.74, 6) is 0. The Morgan fingerprint density at radius 3 is 2.77 bits per heavy atom. The maximum absolute atomic E-state index is 12.1. The van der Waals surface area contributed by atoms with Crippen LogP contribution in [-0.4, -0.2) is 22.6 Å². The van der Waals surface area contributed by atoms with Crippen LogP contribution in [0.3, 0.4) is 0 Å². The molecule has 6 heteroatoms. The van der Waals surface area contributed by atoms with E-state index in [1.807, 2.05) is 55.5 Å². The van der Waals surface area contributed by atoms with Gasteiger partial charge in [0.1, 0.15) is 0 Å². The molecule has 2 aromatic heterocycles. The van der Waals surface area contributed by atoms with Gasteiger partial charge in [0.2, 0.25) is 0 Å². The van der Waals surface area contributed by atoms with Gasteiger partial charge in [0.15, 0.2) is 0 Å². The van der Waals surface area contributed by atoms with E-state index < -0.39 is 0 Å². The number of hydrogen-bond donors (Lipinski definition) is 2. The number of rotatable bonds is 2. The first-order valence-corrected chi connectivity index (χ1v) is 8.60. The highest BCUT2D eigenvalue weighted by Crippen LogP contribution is 2.29. The molecule has 2 aromatic carbocycles. The van der Waals surface area contributed by atoms with Gasteiger partial charge in [0.05, 0.1) is 11.0 Å². The number of carbonyl (C=O) groups is 1. The number of halogens is 1. The van der Waals surface area contributed by atoms with Gasteiger partial charge in [-0.3, -0.25) is 9.55 Å². The summed E-state index contributed by atoms with van der Waals surface area (Å²) >= 11 is 6.06. The van der Waals surface area contributed by atoms with E-state index >= 15 is 0 Å². The quantitative estimate of drug-likeness (QED) is 0.521. The molecule has 4 aromatic rings. The van der Waals surface area contributed by atoms with E-state index in [4.69, 9.17) is 11.6 Å². The lowest BCUT2D eigenvalue weighted by atomic mass is 10.1. The highest BCUT2D eigenvalue weighted by atomic mass is 35.5. The Morgan fingerprint density at radius 2 is 1.96 bits per heavy atom. The first-order chi connectivity index (χ1) is 12.6. The molecule has 0 unspecified atom stereocenters. The van der Waals surface area contributed by atoms with Crippen LogP contribution >= 0.6 is 11.6 Å². The average molecular weight is 365 g/mol. The lowest BCUT2D eigenvalue weighted by Gasteiger charge is -2.10. The molecule has 0 aliphatic carbocycles. The number of pyridine rings is 1. The van der Waals surface area contributed by atoms with Crippen LogP contribution in [-0.2, 0) is 0 Å². The van der Waals surface area contributed by atoms with Crippen molar-refractivity contribution < 1.29 is 4.79 Å². The summed E-state index contributed by atoms with van der Waals surface area (Å²) in [6.45, 7) is 1.92. The fourth-order valence-corrected chi connectivity index (χ4v) is 3.36. The standard InChI is InChI=1S/C20H17ClN4O/c1-12-9-13-10-15(4-6-19(13)25(12)20(26)22-2)24-17-7-8-23-18-11-14(21)3-5-16(17)18/h3-11H,1-2H3,(H,22,26)(H,23,24). The van der Waals surface area contributed by atoms with Crippen molar-refractivity contribution in [1.82, 2.24) is 14.9 Å². The van der Waals surface area contributed by atoms with Crippen LogP contribution in [0.4, 0.5) is 16.2 Å². The monoisotopic (exact) mass is 364 g/mol. The zero-order chi connectivity index (χ0) is 18.3. The molecule has 5 nitrogen and oxygen atoms in total. The van der Waals surface area contributed by atoms with Crippen LogP contribution in [0.5, 0.6) is 0 Å². The van der Waals surface area contributed by atoms with Gasteiger partial charge in [-0.25, -0.2) is 4.79 Å². The van der Waals surface area contributed by atoms with Gasteiger partial charge < -0.3 is 10.6 Å². The summed E-state index contributed by atoms with van der Waals surface area (Å²) < 4.78 is 1.67. The molecule has 0 radical (unpaired) electrons. The molecule has 0 atom stereocenters. The minimum Gasteiger partial charge on any atom is -0.355 e. The van der Waals surface area contributed by atoms with E-state index in [-0.39, 0.29) is 6.03 Å². The molecular formula is C20H17ClN4O. The van der Waals surface area contributed by atoms with Gasteiger partial charge in [-0.15, -0.1) is 0 Å². The van der Waals surface area contributed by atoms with Gasteiger partial charge in [-0.1, -0.05) is 11.6 Å². The van der Waals surface area contributed by atoms with Gasteiger partial charge in [0.25, 0.3) is 0 Å². The second kappa shape index (κ2) is 6.35. The normalized spacial score (nSPS) is 11.0. The van der Waals surface area contributed by atoms with Gasteiger partial charge in [-0.05, 0) is 55.5 Å². The van der Waals surface area contributed by atoms with Crippen molar-refractivity contribution in [3.63, 3.8) is 0 Å². The van der Waals surface area contributed by atoms with Gasteiger partial charge >= 0.3 is 6.03 Å². The van der Waals surface area contributed by atoms with E-state index in [0.29, 0.717) is 5.02 Å². The van der Waals surface area contributed by atoms with E-state index in [1.54, 1.807) is 17.8 Å². The third kappa shape index (κ3) is 2.76. The van der Waals surface area contributed by atoms with Crippen molar-refractivity contribution >= 4 is 50.8 Å². The first-order valence-electron chi connectivity index (χ1n) is 8.22. The largest absolute Gasteiger partial charge is 0.355 e. The van der Waals surface area contributed by atoms with E-state index in [9.17, 15) is 4.79 Å². The van der Waals surface area contributed by atoms with Crippen LogP contribution < -0.4 is 10.6 Å². The summed E-state index contributed by atoms with van der Waals surface area (Å²) in [6.07, 6.45) is 1.76. The lowest BCUT2D eigenvalue weighted by molar-refractivity contribution is 0.245. The molecule has 0 bridgehead atoms. The van der Waals surface area contributed by atoms with Crippen LogP contribution in [0, 0.1) is 6.92 Å². The minimum atomic E-state index is -0.143. The molecule has 0 aliphatic rings. The number of benzene rings is 2. The summed E-state index contributed by atoms with van der Waals surface area (Å²) in [7, 11) is 1.63. The molecule has 26 heavy (non-hydrogen) atoms. The Bertz CT molecular complexity index is 1150. The van der Waals surface area contributed by atoms with Crippen LogP contribution in [0.25, 0.3) is 21.8 Å². The molecule has 130 valence electrons. The SMILES string of the molecule is CNC(=O)n1c(C)cc2cc(Nc3ccnc4cc(Cl)ccc34)ccc21. The average Bonchev–Trinajstić information content (AvgIpc) is 2.96. The Kier molecular flexibility index (Phi) is 4.01. The zero-order valence-electron chi connectivity index (χ0n) is 14.4. The van der Waals surface area contributed by atoms with Crippen molar-refractivity contribution in [2.45, 2.75) is 6.92 Å². The molecule has 0 spiro atoms. The number of aryl methyl sites for hydroxylation is 1. The van der Waals surface area contributed by atoms with E-state index in [1.165, 1.54) is 0 Å². The highest BCUT2D eigenvalue weighted by molar-refractivity contribution is 6.31. The van der Waals surface area contributed by atoms with Crippen molar-refractivity contribution in [2.75, 3.05) is 12.4 Å². The predicted molar refractivity (Wildman–Crippen MR) is 107 cm³/mol. The third-order valence-corrected chi connectivity index (χ3v) is 4.62. The van der Waals surface area contributed by atoms with Crippen molar-refractivity contribution in [3.8, 4) is 0 Å². The summed E-state index contributed by atoms with van der Waals surface area (Å²) in [6, 6.07) is 15.4. The fraction of sp³-hybridized carbons (Fsp3) is 0.100. The molecule has 1 amide bonds. The molecule has 2 N–H and O–H groups in total. The van der Waals surface area contributed by atoms with Crippen LogP contribution in [0.1, 0.15) is 5.69 Å². The topological polar surface area (TPSA) is 59.0 Å². The Balaban J connectivity index is 1.76. The van der Waals surface area contributed by atoms with Crippen LogP contribution in [0.2, 0.25) is 5.02 Å². The number of fused-ring (bicyclic) bond motifs is 2. The summed E-state index contributed by atoms with van der Waals surface area (Å²) in [5.41, 5.74) is 4.49. The number of anilines is 2. The fourth-order valence-electron chi connectivity index (χ4n) is 3.20. The second-order valence-corrected chi connectivity index (χ2v) is 6.53. The Labute approximate surface area is 155 Å². The van der Waals surface area contributed by atoms with E-state index in [0.717, 1.165) is 38.9 Å². The predicted octanol–water partition coefficient (Wildman–Crippen LogP) is 5.08. The van der Waals surface area contributed by atoms with Crippen molar-refractivity contribution in [3.05, 3.63) is 65.4 Å². The number of nitrogens with zero attached hydrogens (tertiary/aromatic N) is 2. The molecule has 0 saturated heterocycles. The third-order valence-electron chi connectivity index (χ3n) is 4.39. The minimum absolute atomic E-state index is 0.143. The molecule has 0 fully saturated rings. The van der Waals surface area contributed by atoms with Gasteiger partial charge in [-0.2, -0.15) is 0 Å². The van der Waals surface area contributed by atoms with Gasteiger partial charge in [0, 0.05) is 46.1 Å². The highest BCUT2D eigenvalue weighted by Gasteiger charge is 2.12. The van der Waals surface area contributed by atoms with Crippen molar-refractivity contribution in [1.29, 1.82) is 0 Å². The number of amides is 1. The number of hydrogen-bond acceptors (Lipinski definition) is 3. The lowest BCUT2D eigenvalue weighted by Crippen LogP contribution is -2.25. The zero-order valence-corrected chi connectivity index (χ0v) is 15.1. The number of nitrogens with one attached hydrogen (secondary N) is 2. The number of carbonyl (C=O) groups excluding carboxylic acids is 1. The molecule has 0 aliphatic heterocycles. The second-order valence-electron chi connectivity index (χ2n) is 6.09. The Morgan fingerprint density at radius 1 is 1.12 bits per heavy atom. The molecular weight excluding hydrogens is 348 g/mol. The maximum Gasteiger partial charge on any atom is 0.325 e. The first kappa shape index (κ1) is 16.4. The Hall–Kier alpha value is -3.05. The van der Waals surface area contributed by atoms with Crippen LogP contribution in [0.15, 0.2) is 54.7 Å². The molecule has 2 heterocycles. The summed E-state index contributed by atoms with van der Waals surface area (Å²) in [4.78, 5) is 16.4. The molecule has 0 saturated carbocycles. The molecule has 4 rings (SSSR count). The summed E-state index contributed by atoms with van der Waals surface area (Å²) in [5, 5.41) is 8.76. The smallest absolute Gasteiger partial charge is 0.325 e. The number of aromatic nitrogens is 2. The van der Waals surface area contributed by atoms with E-state index in [2.05, 4.69) is 15.6 Å². The van der Waals surface area contributed by atoms with Crippen molar-refractivity contribution in [2.24, 2.45) is 0 Å².